The Morgan fingerprint density at radius 1 is 1.44 bits per heavy atom. The van der Waals surface area contributed by atoms with Crippen molar-refractivity contribution >= 4 is 5.97 Å². The molecule has 0 bridgehead atoms. The van der Waals surface area contributed by atoms with Crippen LogP contribution in [0.25, 0.3) is 0 Å². The van der Waals surface area contributed by atoms with Gasteiger partial charge in [-0.1, -0.05) is 24.4 Å². The van der Waals surface area contributed by atoms with Crippen LogP contribution >= 0.6 is 0 Å². The molecule has 0 aromatic carbocycles. The molecule has 0 radical (unpaired) electrons. The van der Waals surface area contributed by atoms with Gasteiger partial charge in [-0.25, -0.2) is 4.79 Å². The van der Waals surface area contributed by atoms with E-state index in [9.17, 15) is 9.90 Å². The van der Waals surface area contributed by atoms with E-state index < -0.39 is 5.97 Å². The third kappa shape index (κ3) is 2.88. The summed E-state index contributed by atoms with van der Waals surface area (Å²) in [5, 5.41) is 25.0. The van der Waals surface area contributed by atoms with Crippen molar-refractivity contribution in [3.05, 3.63) is 17.5 Å². The zero-order chi connectivity index (χ0) is 13.0. The lowest BCUT2D eigenvalue weighted by Gasteiger charge is -2.36. The van der Waals surface area contributed by atoms with Gasteiger partial charge < -0.3 is 20.1 Å². The summed E-state index contributed by atoms with van der Waals surface area (Å²) >= 11 is 0. The molecule has 0 aliphatic heterocycles. The van der Waals surface area contributed by atoms with Crippen LogP contribution in [0.5, 0.6) is 0 Å². The van der Waals surface area contributed by atoms with Gasteiger partial charge >= 0.3 is 5.97 Å². The minimum absolute atomic E-state index is 0.0894. The van der Waals surface area contributed by atoms with Gasteiger partial charge in [0.15, 0.2) is 11.5 Å². The Morgan fingerprint density at radius 3 is 2.72 bits per heavy atom. The van der Waals surface area contributed by atoms with Crippen molar-refractivity contribution in [2.45, 2.75) is 44.2 Å². The molecule has 1 aromatic heterocycles. The van der Waals surface area contributed by atoms with E-state index in [1.54, 1.807) is 0 Å². The van der Waals surface area contributed by atoms with Crippen molar-refractivity contribution in [1.82, 2.24) is 10.5 Å². The number of aromatic carboxylic acids is 1. The van der Waals surface area contributed by atoms with Crippen LogP contribution in [0.2, 0.25) is 0 Å². The van der Waals surface area contributed by atoms with Crippen LogP contribution in [0.15, 0.2) is 10.6 Å². The minimum Gasteiger partial charge on any atom is -0.476 e. The molecular formula is C12H18N2O4. The first kappa shape index (κ1) is 13.0. The lowest BCUT2D eigenvalue weighted by atomic mass is 9.82. The molecule has 0 amide bonds. The molecule has 100 valence electrons. The number of nitrogens with one attached hydrogen (secondary N) is 1. The average Bonchev–Trinajstić information content (AvgIpc) is 2.87. The molecule has 2 rings (SSSR count). The molecule has 1 aromatic rings. The molecule has 6 nitrogen and oxygen atoms in total. The van der Waals surface area contributed by atoms with Crippen LogP contribution in [-0.2, 0) is 6.54 Å². The number of rotatable bonds is 5. The molecule has 0 unspecified atom stereocenters. The monoisotopic (exact) mass is 254 g/mol. The maximum atomic E-state index is 10.7. The first-order valence-electron chi connectivity index (χ1n) is 6.20. The quantitative estimate of drug-likeness (QED) is 0.729. The highest BCUT2D eigenvalue weighted by molar-refractivity contribution is 5.85. The van der Waals surface area contributed by atoms with Crippen molar-refractivity contribution in [2.75, 3.05) is 6.61 Å². The number of hydrogen-bond acceptors (Lipinski definition) is 5. The van der Waals surface area contributed by atoms with Crippen LogP contribution in [0.1, 0.15) is 48.4 Å². The maximum Gasteiger partial charge on any atom is 0.358 e. The normalized spacial score (nSPS) is 18.7. The fourth-order valence-corrected chi connectivity index (χ4v) is 2.39. The van der Waals surface area contributed by atoms with Gasteiger partial charge in [-0.15, -0.1) is 0 Å². The van der Waals surface area contributed by atoms with Gasteiger partial charge in [-0.3, -0.25) is 0 Å². The van der Waals surface area contributed by atoms with Crippen molar-refractivity contribution < 1.29 is 19.5 Å². The molecule has 1 fully saturated rings. The second-order valence-corrected chi connectivity index (χ2v) is 4.84. The van der Waals surface area contributed by atoms with Gasteiger partial charge in [0.1, 0.15) is 0 Å². The molecular weight excluding hydrogens is 236 g/mol. The molecule has 3 N–H and O–H groups in total. The van der Waals surface area contributed by atoms with Gasteiger partial charge in [-0.2, -0.15) is 0 Å². The van der Waals surface area contributed by atoms with Gasteiger partial charge in [0.25, 0.3) is 0 Å². The molecule has 0 atom stereocenters. The average molecular weight is 254 g/mol. The summed E-state index contributed by atoms with van der Waals surface area (Å²) in [4.78, 5) is 10.7. The van der Waals surface area contributed by atoms with Crippen molar-refractivity contribution in [3.8, 4) is 0 Å². The standard InChI is InChI=1S/C12H18N2O4/c15-8-12(4-2-1-3-5-12)13-7-9-6-10(11(16)17)14-18-9/h6,13,15H,1-5,7-8H2,(H,16,17). The number of aliphatic hydroxyl groups excluding tert-OH is 1. The first-order valence-corrected chi connectivity index (χ1v) is 6.20. The van der Waals surface area contributed by atoms with Crippen LogP contribution in [0, 0.1) is 0 Å². The van der Waals surface area contributed by atoms with E-state index in [1.165, 1.54) is 12.5 Å². The number of aliphatic hydroxyl groups is 1. The SMILES string of the molecule is O=C(O)c1cc(CNC2(CO)CCCCC2)on1. The lowest BCUT2D eigenvalue weighted by Crippen LogP contribution is -2.49. The molecule has 6 heteroatoms. The summed E-state index contributed by atoms with van der Waals surface area (Å²) in [5.74, 6) is -0.620. The van der Waals surface area contributed by atoms with Crippen molar-refractivity contribution in [1.29, 1.82) is 0 Å². The third-order valence-electron chi connectivity index (χ3n) is 3.53. The molecule has 1 aliphatic rings. The zero-order valence-corrected chi connectivity index (χ0v) is 10.2. The number of hydrogen-bond donors (Lipinski definition) is 3. The molecule has 1 aliphatic carbocycles. The highest BCUT2D eigenvalue weighted by Gasteiger charge is 2.31. The summed E-state index contributed by atoms with van der Waals surface area (Å²) in [5.41, 5.74) is -0.345. The Kier molecular flexibility index (Phi) is 3.98. The van der Waals surface area contributed by atoms with Crippen molar-refractivity contribution in [3.63, 3.8) is 0 Å². The minimum atomic E-state index is -1.10. The summed E-state index contributed by atoms with van der Waals surface area (Å²) in [7, 11) is 0. The highest BCUT2D eigenvalue weighted by Crippen LogP contribution is 2.28. The lowest BCUT2D eigenvalue weighted by molar-refractivity contribution is 0.0685. The molecule has 18 heavy (non-hydrogen) atoms. The Morgan fingerprint density at radius 2 is 2.17 bits per heavy atom. The van der Waals surface area contributed by atoms with E-state index in [0.717, 1.165) is 25.7 Å². The van der Waals surface area contributed by atoms with Crippen LogP contribution in [0.4, 0.5) is 0 Å². The largest absolute Gasteiger partial charge is 0.476 e. The van der Waals surface area contributed by atoms with Gasteiger partial charge in [0, 0.05) is 11.6 Å². The predicted molar refractivity (Wildman–Crippen MR) is 63.2 cm³/mol. The fourth-order valence-electron chi connectivity index (χ4n) is 2.39. The van der Waals surface area contributed by atoms with Gasteiger partial charge in [0.2, 0.25) is 0 Å². The number of carbonyl (C=O) groups is 1. The third-order valence-corrected chi connectivity index (χ3v) is 3.53. The van der Waals surface area contributed by atoms with E-state index in [1.807, 2.05) is 0 Å². The number of carboxylic acids is 1. The summed E-state index contributed by atoms with van der Waals surface area (Å²) in [6.07, 6.45) is 5.27. The number of nitrogens with zero attached hydrogens (tertiary/aromatic N) is 1. The molecule has 1 heterocycles. The van der Waals surface area contributed by atoms with Crippen LogP contribution in [-0.4, -0.2) is 33.5 Å². The van der Waals surface area contributed by atoms with E-state index in [0.29, 0.717) is 12.3 Å². The van der Waals surface area contributed by atoms with E-state index >= 15 is 0 Å². The predicted octanol–water partition coefficient (Wildman–Crippen LogP) is 1.16. The first-order chi connectivity index (χ1) is 8.65. The second-order valence-electron chi connectivity index (χ2n) is 4.84. The molecule has 0 saturated heterocycles. The topological polar surface area (TPSA) is 95.6 Å². The summed E-state index contributed by atoms with van der Waals surface area (Å²) < 4.78 is 4.93. The molecule has 1 saturated carbocycles. The van der Waals surface area contributed by atoms with Crippen molar-refractivity contribution in [2.24, 2.45) is 0 Å². The Balaban J connectivity index is 1.94. The Bertz CT molecular complexity index is 410. The number of carboxylic acid groups (broad SMARTS) is 1. The Hall–Kier alpha value is -1.40. The van der Waals surface area contributed by atoms with E-state index in [-0.39, 0.29) is 17.8 Å². The second kappa shape index (κ2) is 5.49. The van der Waals surface area contributed by atoms with E-state index in [4.69, 9.17) is 9.63 Å². The summed E-state index contributed by atoms with van der Waals surface area (Å²) in [6, 6.07) is 1.41. The molecule has 0 spiro atoms. The van der Waals surface area contributed by atoms with Crippen LogP contribution < -0.4 is 5.32 Å². The van der Waals surface area contributed by atoms with E-state index in [2.05, 4.69) is 10.5 Å². The summed E-state index contributed by atoms with van der Waals surface area (Å²) in [6.45, 7) is 0.480. The van der Waals surface area contributed by atoms with Gasteiger partial charge in [-0.05, 0) is 12.8 Å². The Labute approximate surface area is 105 Å². The smallest absolute Gasteiger partial charge is 0.358 e. The zero-order valence-electron chi connectivity index (χ0n) is 10.2. The number of aromatic nitrogens is 1. The van der Waals surface area contributed by atoms with Crippen LogP contribution in [0.3, 0.4) is 0 Å². The highest BCUT2D eigenvalue weighted by atomic mass is 16.5. The van der Waals surface area contributed by atoms with Gasteiger partial charge in [0.05, 0.1) is 13.2 Å². The fraction of sp³-hybridized carbons (Fsp3) is 0.667. The maximum absolute atomic E-state index is 10.7.